The zero-order valence-electron chi connectivity index (χ0n) is 12.9. The molecule has 7 heteroatoms. The Morgan fingerprint density at radius 3 is 2.62 bits per heavy atom. The van der Waals surface area contributed by atoms with Crippen LogP contribution < -0.4 is 5.73 Å². The van der Waals surface area contributed by atoms with Gasteiger partial charge in [0.1, 0.15) is 5.52 Å². The fourth-order valence-corrected chi connectivity index (χ4v) is 3.27. The van der Waals surface area contributed by atoms with Gasteiger partial charge in [-0.05, 0) is 46.1 Å². The van der Waals surface area contributed by atoms with Gasteiger partial charge in [0.2, 0.25) is 5.95 Å². The average Bonchev–Trinajstić information content (AvgIpc) is 2.70. The second-order valence-electron chi connectivity index (χ2n) is 5.68. The normalized spacial score (nSPS) is 14.0. The zero-order valence-corrected chi connectivity index (χ0v) is 13.7. The van der Waals surface area contributed by atoms with Crippen LogP contribution in [-0.4, -0.2) is 49.8 Å². The van der Waals surface area contributed by atoms with E-state index in [2.05, 4.69) is 16.8 Å². The Kier molecular flexibility index (Phi) is 4.25. The number of imidazole rings is 1. The van der Waals surface area contributed by atoms with E-state index in [1.165, 1.54) is 6.26 Å². The molecular formula is C14H22N4O2S. The molecule has 0 saturated carbocycles. The third kappa shape index (κ3) is 3.19. The van der Waals surface area contributed by atoms with Gasteiger partial charge in [-0.1, -0.05) is 6.07 Å². The number of aromatic nitrogens is 2. The van der Waals surface area contributed by atoms with E-state index in [1.54, 1.807) is 12.1 Å². The molecule has 2 rings (SSSR count). The maximum atomic E-state index is 11.9. The smallest absolute Gasteiger partial charge is 0.201 e. The number of hydrogen-bond acceptors (Lipinski definition) is 5. The highest BCUT2D eigenvalue weighted by atomic mass is 32.2. The van der Waals surface area contributed by atoms with Crippen LogP contribution in [0.15, 0.2) is 23.1 Å². The second-order valence-corrected chi connectivity index (χ2v) is 7.66. The van der Waals surface area contributed by atoms with E-state index in [4.69, 9.17) is 5.73 Å². The summed E-state index contributed by atoms with van der Waals surface area (Å²) < 4.78 is 25.6. The molecule has 0 radical (unpaired) electrons. The van der Waals surface area contributed by atoms with Crippen molar-refractivity contribution >= 4 is 26.8 Å². The van der Waals surface area contributed by atoms with Crippen molar-refractivity contribution in [3.05, 3.63) is 18.2 Å². The molecule has 2 N–H and O–H groups in total. The largest absolute Gasteiger partial charge is 0.369 e. The highest BCUT2D eigenvalue weighted by Gasteiger charge is 2.20. The van der Waals surface area contributed by atoms with Crippen molar-refractivity contribution in [3.8, 4) is 0 Å². The van der Waals surface area contributed by atoms with Crippen molar-refractivity contribution in [2.75, 3.05) is 32.6 Å². The standard InChI is InChI=1S/C14H22N4O2S/c1-10(8-9-17(2)3)18-11-6-5-7-12(21(4,19)20)13(11)16-14(18)15/h5-7,10H,8-9H2,1-4H3,(H2,15,16). The van der Waals surface area contributed by atoms with Gasteiger partial charge >= 0.3 is 0 Å². The minimum Gasteiger partial charge on any atom is -0.369 e. The molecule has 0 saturated heterocycles. The van der Waals surface area contributed by atoms with Gasteiger partial charge < -0.3 is 15.2 Å². The monoisotopic (exact) mass is 310 g/mol. The summed E-state index contributed by atoms with van der Waals surface area (Å²) in [6, 6.07) is 5.31. The van der Waals surface area contributed by atoms with Gasteiger partial charge in [0.25, 0.3) is 0 Å². The van der Waals surface area contributed by atoms with Crippen LogP contribution in [-0.2, 0) is 9.84 Å². The van der Waals surface area contributed by atoms with Crippen LogP contribution in [0.1, 0.15) is 19.4 Å². The highest BCUT2D eigenvalue weighted by Crippen LogP contribution is 2.28. The molecule has 116 valence electrons. The lowest BCUT2D eigenvalue weighted by Gasteiger charge is -2.18. The Labute approximate surface area is 125 Å². The molecule has 1 heterocycles. The third-order valence-corrected chi connectivity index (χ3v) is 4.67. The maximum absolute atomic E-state index is 11.9. The van der Waals surface area contributed by atoms with E-state index in [0.29, 0.717) is 11.5 Å². The van der Waals surface area contributed by atoms with E-state index in [9.17, 15) is 8.42 Å². The summed E-state index contributed by atoms with van der Waals surface area (Å²) in [6.07, 6.45) is 2.10. The summed E-state index contributed by atoms with van der Waals surface area (Å²) in [5.74, 6) is 0.354. The molecule has 2 aromatic rings. The fraction of sp³-hybridized carbons (Fsp3) is 0.500. The van der Waals surface area contributed by atoms with Crippen LogP contribution >= 0.6 is 0 Å². The number of hydrogen-bond donors (Lipinski definition) is 1. The molecule has 0 aliphatic carbocycles. The molecule has 1 aromatic carbocycles. The topological polar surface area (TPSA) is 81.2 Å². The number of benzene rings is 1. The van der Waals surface area contributed by atoms with Crippen LogP contribution in [0, 0.1) is 0 Å². The van der Waals surface area contributed by atoms with E-state index < -0.39 is 9.84 Å². The molecule has 0 bridgehead atoms. The molecule has 1 atom stereocenters. The van der Waals surface area contributed by atoms with Crippen molar-refractivity contribution in [3.63, 3.8) is 0 Å². The molecule has 21 heavy (non-hydrogen) atoms. The summed E-state index contributed by atoms with van der Waals surface area (Å²) in [6.45, 7) is 2.99. The highest BCUT2D eigenvalue weighted by molar-refractivity contribution is 7.91. The zero-order chi connectivity index (χ0) is 15.8. The summed E-state index contributed by atoms with van der Waals surface area (Å²) in [7, 11) is 0.712. The Bertz CT molecular complexity index is 750. The van der Waals surface area contributed by atoms with Crippen LogP contribution in [0.2, 0.25) is 0 Å². The molecule has 1 aromatic heterocycles. The van der Waals surface area contributed by atoms with E-state index in [0.717, 1.165) is 18.5 Å². The van der Waals surface area contributed by atoms with Gasteiger partial charge in [0.15, 0.2) is 9.84 Å². The van der Waals surface area contributed by atoms with Crippen LogP contribution in [0.25, 0.3) is 11.0 Å². The number of anilines is 1. The van der Waals surface area contributed by atoms with Gasteiger partial charge in [-0.2, -0.15) is 0 Å². The molecule has 0 fully saturated rings. The Hall–Kier alpha value is -1.60. The lowest BCUT2D eigenvalue weighted by atomic mass is 10.2. The summed E-state index contributed by atoms with van der Waals surface area (Å²) >= 11 is 0. The molecule has 0 aliphatic heterocycles. The Morgan fingerprint density at radius 2 is 2.05 bits per heavy atom. The number of nitrogens with two attached hydrogens (primary N) is 1. The Morgan fingerprint density at radius 1 is 1.38 bits per heavy atom. The summed E-state index contributed by atoms with van der Waals surface area (Å²) in [5, 5.41) is 0. The van der Waals surface area contributed by atoms with Gasteiger partial charge in [-0.15, -0.1) is 0 Å². The molecular weight excluding hydrogens is 288 g/mol. The number of nitrogens with zero attached hydrogens (tertiary/aromatic N) is 3. The summed E-state index contributed by atoms with van der Waals surface area (Å²) in [5.41, 5.74) is 7.23. The summed E-state index contributed by atoms with van der Waals surface area (Å²) in [4.78, 5) is 6.61. The van der Waals surface area contributed by atoms with E-state index >= 15 is 0 Å². The van der Waals surface area contributed by atoms with E-state index in [-0.39, 0.29) is 10.9 Å². The number of nitrogen functional groups attached to an aromatic ring is 1. The lowest BCUT2D eigenvalue weighted by Crippen LogP contribution is -2.18. The number of sulfone groups is 1. The van der Waals surface area contributed by atoms with Crippen molar-refractivity contribution in [2.45, 2.75) is 24.3 Å². The van der Waals surface area contributed by atoms with Crippen molar-refractivity contribution in [2.24, 2.45) is 0 Å². The first-order chi connectivity index (χ1) is 9.71. The Balaban J connectivity index is 2.54. The predicted molar refractivity (Wildman–Crippen MR) is 85.1 cm³/mol. The number of rotatable bonds is 5. The minimum absolute atomic E-state index is 0.146. The minimum atomic E-state index is -3.32. The quantitative estimate of drug-likeness (QED) is 0.906. The fourth-order valence-electron chi connectivity index (χ4n) is 2.45. The molecule has 0 amide bonds. The first-order valence-corrected chi connectivity index (χ1v) is 8.72. The van der Waals surface area contributed by atoms with Crippen molar-refractivity contribution in [1.29, 1.82) is 0 Å². The van der Waals surface area contributed by atoms with Crippen molar-refractivity contribution in [1.82, 2.24) is 14.5 Å². The maximum Gasteiger partial charge on any atom is 0.201 e. The number of fused-ring (bicyclic) bond motifs is 1. The SMILES string of the molecule is CC(CCN(C)C)n1c(N)nc2c(S(C)(=O)=O)cccc21. The first kappa shape index (κ1) is 15.8. The van der Waals surface area contributed by atoms with Gasteiger partial charge in [-0.25, -0.2) is 13.4 Å². The molecule has 6 nitrogen and oxygen atoms in total. The molecule has 0 aliphatic rings. The first-order valence-electron chi connectivity index (χ1n) is 6.83. The lowest BCUT2D eigenvalue weighted by molar-refractivity contribution is 0.362. The van der Waals surface area contributed by atoms with Crippen molar-refractivity contribution < 1.29 is 8.42 Å². The molecule has 1 unspecified atom stereocenters. The van der Waals surface area contributed by atoms with E-state index in [1.807, 2.05) is 24.7 Å². The molecule has 0 spiro atoms. The third-order valence-electron chi connectivity index (χ3n) is 3.54. The van der Waals surface area contributed by atoms with Gasteiger partial charge in [-0.3, -0.25) is 0 Å². The van der Waals surface area contributed by atoms with Crippen LogP contribution in [0.3, 0.4) is 0 Å². The van der Waals surface area contributed by atoms with Gasteiger partial charge in [0.05, 0.1) is 10.4 Å². The average molecular weight is 310 g/mol. The van der Waals surface area contributed by atoms with Crippen LogP contribution in [0.4, 0.5) is 5.95 Å². The second kappa shape index (κ2) is 5.65. The van der Waals surface area contributed by atoms with Gasteiger partial charge in [0, 0.05) is 12.3 Å². The van der Waals surface area contributed by atoms with Crippen LogP contribution in [0.5, 0.6) is 0 Å². The number of para-hydroxylation sites is 1. The predicted octanol–water partition coefficient (Wildman–Crippen LogP) is 1.53.